The Hall–Kier alpha value is -0.980. The summed E-state index contributed by atoms with van der Waals surface area (Å²) in [5.41, 5.74) is 0.880. The maximum Gasteiger partial charge on any atom is 0.282 e. The van der Waals surface area contributed by atoms with E-state index in [-0.39, 0.29) is 11.9 Å². The van der Waals surface area contributed by atoms with Crippen molar-refractivity contribution in [2.24, 2.45) is 11.8 Å². The minimum absolute atomic E-state index is 0.173. The third kappa shape index (κ3) is 3.44. The van der Waals surface area contributed by atoms with Crippen molar-refractivity contribution in [1.29, 1.82) is 0 Å². The topological polar surface area (TPSA) is 40.6 Å². The van der Waals surface area contributed by atoms with Crippen LogP contribution in [0.3, 0.4) is 0 Å². The molecule has 23 heavy (non-hydrogen) atoms. The Morgan fingerprint density at radius 2 is 1.70 bits per heavy atom. The van der Waals surface area contributed by atoms with Crippen molar-refractivity contribution >= 4 is 10.2 Å². The van der Waals surface area contributed by atoms with E-state index in [1.54, 1.807) is 20.7 Å². The fourth-order valence-corrected chi connectivity index (χ4v) is 6.07. The molecule has 2 aliphatic rings. The predicted octanol–water partition coefficient (Wildman–Crippen LogP) is 3.19. The smallest absolute Gasteiger partial charge is 0.207 e. The Morgan fingerprint density at radius 1 is 1.09 bits per heavy atom. The Kier molecular flexibility index (Phi) is 4.76. The Morgan fingerprint density at radius 3 is 2.30 bits per heavy atom. The molecular formula is C17H25FN2O2S. The van der Waals surface area contributed by atoms with Crippen LogP contribution in [0.4, 0.5) is 4.39 Å². The van der Waals surface area contributed by atoms with Gasteiger partial charge in [0.05, 0.1) is 6.04 Å². The number of halogens is 1. The molecule has 0 amide bonds. The van der Waals surface area contributed by atoms with Gasteiger partial charge in [-0.1, -0.05) is 26.0 Å². The van der Waals surface area contributed by atoms with Crippen molar-refractivity contribution in [2.45, 2.75) is 39.2 Å². The van der Waals surface area contributed by atoms with Crippen LogP contribution in [-0.4, -0.2) is 36.7 Å². The van der Waals surface area contributed by atoms with Crippen LogP contribution in [0.5, 0.6) is 0 Å². The Bertz CT molecular complexity index is 637. The van der Waals surface area contributed by atoms with Crippen LogP contribution in [0.15, 0.2) is 24.3 Å². The Labute approximate surface area is 138 Å². The molecular weight excluding hydrogens is 315 g/mol. The van der Waals surface area contributed by atoms with Crippen LogP contribution in [0.25, 0.3) is 0 Å². The minimum atomic E-state index is -3.46. The van der Waals surface area contributed by atoms with Crippen LogP contribution < -0.4 is 0 Å². The van der Waals surface area contributed by atoms with Gasteiger partial charge in [-0.15, -0.1) is 0 Å². The first-order valence-electron chi connectivity index (χ1n) is 8.40. The molecule has 3 atom stereocenters. The van der Waals surface area contributed by atoms with Crippen molar-refractivity contribution < 1.29 is 12.8 Å². The number of hydrogen-bond acceptors (Lipinski definition) is 2. The highest BCUT2D eigenvalue weighted by Gasteiger charge is 2.40. The molecule has 0 spiro atoms. The molecule has 6 heteroatoms. The van der Waals surface area contributed by atoms with Crippen LogP contribution >= 0.6 is 0 Å². The van der Waals surface area contributed by atoms with Gasteiger partial charge in [0.15, 0.2) is 0 Å². The average Bonchev–Trinajstić information content (AvgIpc) is 2.97. The molecule has 3 unspecified atom stereocenters. The molecule has 0 N–H and O–H groups in total. The van der Waals surface area contributed by atoms with Gasteiger partial charge in [-0.3, -0.25) is 0 Å². The van der Waals surface area contributed by atoms with E-state index < -0.39 is 10.2 Å². The summed E-state index contributed by atoms with van der Waals surface area (Å²) in [4.78, 5) is 0. The average molecular weight is 340 g/mol. The molecule has 2 heterocycles. The summed E-state index contributed by atoms with van der Waals surface area (Å²) in [6, 6.07) is 6.05. The second-order valence-corrected chi connectivity index (χ2v) is 8.97. The minimum Gasteiger partial charge on any atom is -0.207 e. The summed E-state index contributed by atoms with van der Waals surface area (Å²) in [7, 11) is -3.46. The quantitative estimate of drug-likeness (QED) is 0.848. The highest BCUT2D eigenvalue weighted by molar-refractivity contribution is 7.86. The molecule has 1 aromatic carbocycles. The first-order valence-corrected chi connectivity index (χ1v) is 9.80. The van der Waals surface area contributed by atoms with Gasteiger partial charge in [0, 0.05) is 19.6 Å². The highest BCUT2D eigenvalue weighted by atomic mass is 32.2. The van der Waals surface area contributed by atoms with E-state index in [0.717, 1.165) is 24.8 Å². The van der Waals surface area contributed by atoms with Gasteiger partial charge in [-0.05, 0) is 48.8 Å². The van der Waals surface area contributed by atoms with Crippen molar-refractivity contribution in [3.05, 3.63) is 35.6 Å². The second-order valence-electron chi connectivity index (χ2n) is 7.09. The fourth-order valence-electron chi connectivity index (χ4n) is 3.98. The molecule has 2 aliphatic heterocycles. The van der Waals surface area contributed by atoms with Gasteiger partial charge in [0.1, 0.15) is 5.82 Å². The summed E-state index contributed by atoms with van der Waals surface area (Å²) in [5.74, 6) is 0.487. The summed E-state index contributed by atoms with van der Waals surface area (Å²) in [6.45, 7) is 5.96. The Balaban J connectivity index is 1.84. The molecule has 0 aromatic heterocycles. The van der Waals surface area contributed by atoms with Crippen LogP contribution in [0, 0.1) is 17.7 Å². The molecule has 0 radical (unpaired) electrons. The zero-order chi connectivity index (χ0) is 16.6. The lowest BCUT2D eigenvalue weighted by molar-refractivity contribution is 0.207. The van der Waals surface area contributed by atoms with Crippen LogP contribution in [0.1, 0.15) is 44.7 Å². The largest absolute Gasteiger partial charge is 0.282 e. The van der Waals surface area contributed by atoms with Gasteiger partial charge < -0.3 is 0 Å². The van der Waals surface area contributed by atoms with E-state index in [4.69, 9.17) is 0 Å². The molecule has 0 aliphatic carbocycles. The molecule has 4 nitrogen and oxygen atoms in total. The maximum absolute atomic E-state index is 13.1. The monoisotopic (exact) mass is 340 g/mol. The van der Waals surface area contributed by atoms with Crippen molar-refractivity contribution in [2.75, 3.05) is 19.6 Å². The molecule has 0 saturated carbocycles. The van der Waals surface area contributed by atoms with Gasteiger partial charge in [0.2, 0.25) is 0 Å². The van der Waals surface area contributed by atoms with Crippen LogP contribution in [0.2, 0.25) is 0 Å². The fraction of sp³-hybridized carbons (Fsp3) is 0.647. The van der Waals surface area contributed by atoms with E-state index in [1.807, 2.05) is 0 Å². The van der Waals surface area contributed by atoms with Gasteiger partial charge in [-0.2, -0.15) is 17.0 Å². The third-order valence-electron chi connectivity index (χ3n) is 4.92. The zero-order valence-corrected chi connectivity index (χ0v) is 14.6. The summed E-state index contributed by atoms with van der Waals surface area (Å²) >= 11 is 0. The highest BCUT2D eigenvalue weighted by Crippen LogP contribution is 2.36. The molecule has 3 rings (SSSR count). The molecule has 2 fully saturated rings. The van der Waals surface area contributed by atoms with Gasteiger partial charge in [-0.25, -0.2) is 4.39 Å². The summed E-state index contributed by atoms with van der Waals surface area (Å²) < 4.78 is 42.6. The van der Waals surface area contributed by atoms with E-state index in [1.165, 1.54) is 12.1 Å². The summed E-state index contributed by atoms with van der Waals surface area (Å²) in [6.07, 6.45) is 2.72. The second kappa shape index (κ2) is 6.49. The number of nitrogens with zero attached hydrogens (tertiary/aromatic N) is 2. The lowest BCUT2D eigenvalue weighted by Crippen LogP contribution is -2.49. The molecule has 2 saturated heterocycles. The number of hydrogen-bond donors (Lipinski definition) is 0. The normalized spacial score (nSPS) is 30.7. The van der Waals surface area contributed by atoms with Crippen molar-refractivity contribution in [1.82, 2.24) is 8.61 Å². The maximum atomic E-state index is 13.1. The van der Waals surface area contributed by atoms with E-state index >= 15 is 0 Å². The first-order chi connectivity index (χ1) is 10.9. The van der Waals surface area contributed by atoms with Crippen LogP contribution in [-0.2, 0) is 10.2 Å². The standard InChI is InChI=1S/C17H25FN2O2S/c1-13-10-14(2)12-19(11-13)23(21,22)20-9-3-4-17(20)15-5-7-16(18)8-6-15/h5-8,13-14,17H,3-4,9-12H2,1-2H3. The van der Waals surface area contributed by atoms with Crippen molar-refractivity contribution in [3.63, 3.8) is 0 Å². The van der Waals surface area contributed by atoms with E-state index in [9.17, 15) is 12.8 Å². The zero-order valence-electron chi connectivity index (χ0n) is 13.8. The number of rotatable bonds is 3. The van der Waals surface area contributed by atoms with Crippen molar-refractivity contribution in [3.8, 4) is 0 Å². The lowest BCUT2D eigenvalue weighted by atomic mass is 9.94. The van der Waals surface area contributed by atoms with Gasteiger partial charge >= 0.3 is 0 Å². The SMILES string of the molecule is CC1CC(C)CN(S(=O)(=O)N2CCCC2c2ccc(F)cc2)C1. The number of benzene rings is 1. The summed E-state index contributed by atoms with van der Waals surface area (Å²) in [5, 5.41) is 0. The lowest BCUT2D eigenvalue weighted by Gasteiger charge is -2.37. The number of piperidine rings is 1. The van der Waals surface area contributed by atoms with E-state index in [0.29, 0.717) is 31.5 Å². The molecule has 1 aromatic rings. The molecule has 0 bridgehead atoms. The van der Waals surface area contributed by atoms with E-state index in [2.05, 4.69) is 13.8 Å². The van der Waals surface area contributed by atoms with Gasteiger partial charge in [0.25, 0.3) is 10.2 Å². The molecule has 128 valence electrons. The third-order valence-corrected chi connectivity index (χ3v) is 6.90. The first kappa shape index (κ1) is 16.9. The predicted molar refractivity (Wildman–Crippen MR) is 88.5 cm³/mol.